The molecule has 0 spiro atoms. The molecule has 1 fully saturated rings. The highest BCUT2D eigenvalue weighted by molar-refractivity contribution is 6.06. The molecule has 0 bridgehead atoms. The summed E-state index contributed by atoms with van der Waals surface area (Å²) in [5, 5.41) is 13.4. The Labute approximate surface area is 192 Å². The second-order valence-electron chi connectivity index (χ2n) is 8.48. The van der Waals surface area contributed by atoms with Crippen molar-refractivity contribution in [1.29, 1.82) is 0 Å². The molecule has 3 atom stereocenters. The maximum atomic E-state index is 13.9. The van der Waals surface area contributed by atoms with Gasteiger partial charge in [-0.3, -0.25) is 9.80 Å². The van der Waals surface area contributed by atoms with Gasteiger partial charge in [0.05, 0.1) is 19.3 Å². The van der Waals surface area contributed by atoms with Crippen molar-refractivity contribution in [2.24, 2.45) is 0 Å². The first kappa shape index (κ1) is 21.2. The van der Waals surface area contributed by atoms with E-state index in [0.29, 0.717) is 24.6 Å². The molecule has 0 radical (unpaired) electrons. The van der Waals surface area contributed by atoms with Crippen LogP contribution in [0.5, 0.6) is 5.75 Å². The average molecular weight is 446 g/mol. The van der Waals surface area contributed by atoms with Gasteiger partial charge in [-0.05, 0) is 62.6 Å². The number of carbonyl (C=O) groups is 1. The number of anilines is 4. The third-order valence-corrected chi connectivity index (χ3v) is 6.40. The number of aromatic nitrogens is 2. The number of hydrogen-bond acceptors (Lipinski definition) is 6. The van der Waals surface area contributed by atoms with Crippen molar-refractivity contribution in [3.8, 4) is 5.75 Å². The number of fused-ring (bicyclic) bond motifs is 1. The standard InChI is InChI=1S/C25H27N5O3/c1-16-22-15-26-24(27-17-6-4-3-5-7-17)28-23(22)30(19-8-11-20(31)14-19)25(32)29(16)18-9-12-21(33-2)13-10-18/h3-7,9-10,12-13,15-16,19-20,31H,8,11,14H2,1-2H3,(H,26,27,28)/t16?,19-,20-/m0/s1. The molecule has 1 saturated carbocycles. The highest BCUT2D eigenvalue weighted by Gasteiger charge is 2.43. The van der Waals surface area contributed by atoms with E-state index in [9.17, 15) is 9.90 Å². The van der Waals surface area contributed by atoms with Gasteiger partial charge in [0.2, 0.25) is 5.95 Å². The summed E-state index contributed by atoms with van der Waals surface area (Å²) in [5.74, 6) is 1.76. The zero-order chi connectivity index (χ0) is 22.9. The van der Waals surface area contributed by atoms with E-state index in [4.69, 9.17) is 9.72 Å². The van der Waals surface area contributed by atoms with Gasteiger partial charge >= 0.3 is 6.03 Å². The van der Waals surface area contributed by atoms with Gasteiger partial charge in [-0.15, -0.1) is 0 Å². The Morgan fingerprint density at radius 2 is 1.82 bits per heavy atom. The molecule has 1 aliphatic carbocycles. The second-order valence-corrected chi connectivity index (χ2v) is 8.48. The van der Waals surface area contributed by atoms with Crippen LogP contribution in [-0.2, 0) is 0 Å². The summed E-state index contributed by atoms with van der Waals surface area (Å²) < 4.78 is 5.27. The summed E-state index contributed by atoms with van der Waals surface area (Å²) in [5.41, 5.74) is 2.51. The van der Waals surface area contributed by atoms with E-state index in [0.717, 1.165) is 29.1 Å². The first-order valence-corrected chi connectivity index (χ1v) is 11.2. The third kappa shape index (κ3) is 3.98. The number of amides is 2. The van der Waals surface area contributed by atoms with Crippen LogP contribution in [0.25, 0.3) is 0 Å². The zero-order valence-corrected chi connectivity index (χ0v) is 18.7. The molecule has 2 aliphatic rings. The highest BCUT2D eigenvalue weighted by atomic mass is 16.5. The van der Waals surface area contributed by atoms with Crippen LogP contribution in [0, 0.1) is 0 Å². The van der Waals surface area contributed by atoms with Crippen molar-refractivity contribution in [1.82, 2.24) is 9.97 Å². The number of aliphatic hydroxyl groups excluding tert-OH is 1. The van der Waals surface area contributed by atoms with E-state index < -0.39 is 6.10 Å². The first-order valence-electron chi connectivity index (χ1n) is 11.2. The van der Waals surface area contributed by atoms with E-state index in [-0.39, 0.29) is 18.1 Å². The van der Waals surface area contributed by atoms with Crippen LogP contribution < -0.4 is 19.9 Å². The molecule has 1 aliphatic heterocycles. The number of hydrogen-bond donors (Lipinski definition) is 2. The molecule has 1 unspecified atom stereocenters. The summed E-state index contributed by atoms with van der Waals surface area (Å²) in [6.45, 7) is 1.98. The molecule has 2 aromatic carbocycles. The van der Waals surface area contributed by atoms with Gasteiger partial charge < -0.3 is 15.2 Å². The number of rotatable bonds is 5. The number of benzene rings is 2. The Hall–Kier alpha value is -3.65. The summed E-state index contributed by atoms with van der Waals surface area (Å²) in [7, 11) is 1.62. The molecular weight excluding hydrogens is 418 g/mol. The van der Waals surface area contributed by atoms with E-state index in [1.54, 1.807) is 23.1 Å². The van der Waals surface area contributed by atoms with E-state index >= 15 is 0 Å². The van der Waals surface area contributed by atoms with Gasteiger partial charge in [0.25, 0.3) is 0 Å². The number of carbonyl (C=O) groups excluding carboxylic acids is 1. The number of para-hydroxylation sites is 1. The van der Waals surface area contributed by atoms with Crippen LogP contribution >= 0.6 is 0 Å². The lowest BCUT2D eigenvalue weighted by molar-refractivity contribution is 0.181. The van der Waals surface area contributed by atoms with Crippen LogP contribution in [0.2, 0.25) is 0 Å². The Morgan fingerprint density at radius 3 is 2.48 bits per heavy atom. The normalized spacial score (nSPS) is 22.3. The molecule has 2 N–H and O–H groups in total. The minimum atomic E-state index is -0.413. The fourth-order valence-corrected chi connectivity index (χ4v) is 4.67. The van der Waals surface area contributed by atoms with Gasteiger partial charge in [-0.25, -0.2) is 9.78 Å². The molecule has 1 aromatic heterocycles. The van der Waals surface area contributed by atoms with Crippen molar-refractivity contribution >= 4 is 29.2 Å². The second kappa shape index (κ2) is 8.71. The van der Waals surface area contributed by atoms with Gasteiger partial charge in [0, 0.05) is 29.2 Å². The lowest BCUT2D eigenvalue weighted by Gasteiger charge is -2.42. The van der Waals surface area contributed by atoms with Crippen molar-refractivity contribution in [3.63, 3.8) is 0 Å². The van der Waals surface area contributed by atoms with Gasteiger partial charge in [-0.2, -0.15) is 4.98 Å². The molecule has 2 amide bonds. The van der Waals surface area contributed by atoms with E-state index in [1.165, 1.54) is 0 Å². The minimum Gasteiger partial charge on any atom is -0.497 e. The number of urea groups is 1. The van der Waals surface area contributed by atoms with Crippen molar-refractivity contribution in [2.75, 3.05) is 22.2 Å². The number of nitrogens with zero attached hydrogens (tertiary/aromatic N) is 4. The lowest BCUT2D eigenvalue weighted by Crippen LogP contribution is -2.53. The van der Waals surface area contributed by atoms with Gasteiger partial charge in [-0.1, -0.05) is 18.2 Å². The molecule has 33 heavy (non-hydrogen) atoms. The van der Waals surface area contributed by atoms with Crippen molar-refractivity contribution < 1.29 is 14.6 Å². The van der Waals surface area contributed by atoms with Crippen LogP contribution in [0.3, 0.4) is 0 Å². The van der Waals surface area contributed by atoms with Crippen LogP contribution in [0.15, 0.2) is 60.8 Å². The Morgan fingerprint density at radius 1 is 1.06 bits per heavy atom. The average Bonchev–Trinajstić information content (AvgIpc) is 3.26. The molecule has 3 aromatic rings. The fraction of sp³-hybridized carbons (Fsp3) is 0.320. The Balaban J connectivity index is 1.56. The third-order valence-electron chi connectivity index (χ3n) is 6.40. The zero-order valence-electron chi connectivity index (χ0n) is 18.7. The Kier molecular flexibility index (Phi) is 5.60. The lowest BCUT2D eigenvalue weighted by atomic mass is 10.0. The Bertz CT molecular complexity index is 1140. The highest BCUT2D eigenvalue weighted by Crippen LogP contribution is 2.42. The predicted molar refractivity (Wildman–Crippen MR) is 127 cm³/mol. The number of methoxy groups -OCH3 is 1. The minimum absolute atomic E-state index is 0.126. The summed E-state index contributed by atoms with van der Waals surface area (Å²) >= 11 is 0. The number of nitrogens with one attached hydrogen (secondary N) is 1. The van der Waals surface area contributed by atoms with E-state index in [1.807, 2.05) is 61.5 Å². The first-order chi connectivity index (χ1) is 16.0. The maximum Gasteiger partial charge on any atom is 0.330 e. The predicted octanol–water partition coefficient (Wildman–Crippen LogP) is 4.65. The molecule has 2 heterocycles. The fourth-order valence-electron chi connectivity index (χ4n) is 4.67. The SMILES string of the molecule is COc1ccc(N2C(=O)N([C@H]3CC[C@H](O)C3)c3nc(Nc4ccccc4)ncc3C2C)cc1. The van der Waals surface area contributed by atoms with Crippen molar-refractivity contribution in [2.45, 2.75) is 44.4 Å². The molecule has 0 saturated heterocycles. The summed E-state index contributed by atoms with van der Waals surface area (Å²) in [4.78, 5) is 26.7. The number of ether oxygens (including phenoxy) is 1. The van der Waals surface area contributed by atoms with Gasteiger partial charge in [0.15, 0.2) is 0 Å². The summed E-state index contributed by atoms with van der Waals surface area (Å²) in [6.07, 6.45) is 3.30. The molecule has 5 rings (SSSR count). The number of aliphatic hydroxyl groups is 1. The monoisotopic (exact) mass is 445 g/mol. The largest absolute Gasteiger partial charge is 0.497 e. The van der Waals surface area contributed by atoms with Crippen LogP contribution in [0.4, 0.5) is 27.9 Å². The van der Waals surface area contributed by atoms with Gasteiger partial charge in [0.1, 0.15) is 11.6 Å². The topological polar surface area (TPSA) is 90.8 Å². The smallest absolute Gasteiger partial charge is 0.330 e. The van der Waals surface area contributed by atoms with Crippen LogP contribution in [0.1, 0.15) is 37.8 Å². The van der Waals surface area contributed by atoms with Crippen molar-refractivity contribution in [3.05, 3.63) is 66.4 Å². The summed E-state index contributed by atoms with van der Waals surface area (Å²) in [6, 6.07) is 16.6. The molecule has 8 nitrogen and oxygen atoms in total. The quantitative estimate of drug-likeness (QED) is 0.594. The molecule has 8 heteroatoms. The molecular formula is C25H27N5O3. The van der Waals surface area contributed by atoms with E-state index in [2.05, 4.69) is 10.3 Å². The molecule has 170 valence electrons. The van der Waals surface area contributed by atoms with Crippen LogP contribution in [-0.4, -0.2) is 40.4 Å². The maximum absolute atomic E-state index is 13.9.